The van der Waals surface area contributed by atoms with Gasteiger partial charge in [0.25, 0.3) is 0 Å². The van der Waals surface area contributed by atoms with Gasteiger partial charge in [0.05, 0.1) is 0 Å². The molecule has 5 heteroatoms. The van der Waals surface area contributed by atoms with Crippen LogP contribution in [0.3, 0.4) is 0 Å². The molecule has 1 aliphatic heterocycles. The first kappa shape index (κ1) is 13.8. The molecule has 0 aromatic carbocycles. The van der Waals surface area contributed by atoms with Crippen LogP contribution in [0.15, 0.2) is 6.07 Å². The second kappa shape index (κ2) is 6.48. The molecule has 0 saturated carbocycles. The summed E-state index contributed by atoms with van der Waals surface area (Å²) < 4.78 is 5.24. The molecule has 0 spiro atoms. The molecule has 5 nitrogen and oxygen atoms in total. The van der Waals surface area contributed by atoms with E-state index in [0.717, 1.165) is 38.2 Å². The second-order valence-corrected chi connectivity index (χ2v) is 5.05. The third kappa shape index (κ3) is 3.65. The molecule has 1 fully saturated rings. The topological polar surface area (TPSA) is 62.0 Å². The van der Waals surface area contributed by atoms with Gasteiger partial charge in [0.1, 0.15) is 11.8 Å². The Morgan fingerprint density at radius 1 is 1.42 bits per heavy atom. The molecule has 102 valence electrons. The van der Waals surface area contributed by atoms with Crippen molar-refractivity contribution >= 4 is 5.95 Å². The Bertz CT molecular complexity index is 469. The normalized spacial score (nSPS) is 19.8. The van der Waals surface area contributed by atoms with E-state index < -0.39 is 0 Å². The van der Waals surface area contributed by atoms with Gasteiger partial charge in [-0.15, -0.1) is 0 Å². The fraction of sp³-hybridized carbons (Fsp3) is 0.643. The lowest BCUT2D eigenvalue weighted by Crippen LogP contribution is -2.27. The highest BCUT2D eigenvalue weighted by Gasteiger charge is 2.19. The number of aryl methyl sites for hydroxylation is 1. The standard InChI is InChI=1S/C14H20N4O/c1-11-8-13(9-15)17-14(16-11)18-6-3-4-12(5-7-18)10-19-2/h8,12H,3-7,10H2,1-2H3/t12-/m0/s1. The van der Waals surface area contributed by atoms with Crippen LogP contribution in [0.5, 0.6) is 0 Å². The van der Waals surface area contributed by atoms with Gasteiger partial charge in [0.2, 0.25) is 5.95 Å². The number of aromatic nitrogens is 2. The summed E-state index contributed by atoms with van der Waals surface area (Å²) in [6.07, 6.45) is 3.39. The Balaban J connectivity index is 2.10. The van der Waals surface area contributed by atoms with Gasteiger partial charge in [-0.2, -0.15) is 5.26 Å². The highest BCUT2D eigenvalue weighted by atomic mass is 16.5. The summed E-state index contributed by atoms with van der Waals surface area (Å²) in [6.45, 7) is 4.61. The Kier molecular flexibility index (Phi) is 4.69. The maximum absolute atomic E-state index is 8.98. The minimum absolute atomic E-state index is 0.445. The van der Waals surface area contributed by atoms with Crippen LogP contribution in [0.2, 0.25) is 0 Å². The van der Waals surface area contributed by atoms with E-state index in [-0.39, 0.29) is 0 Å². The van der Waals surface area contributed by atoms with Crippen molar-refractivity contribution in [2.75, 3.05) is 31.7 Å². The van der Waals surface area contributed by atoms with Crippen molar-refractivity contribution in [3.8, 4) is 6.07 Å². The largest absolute Gasteiger partial charge is 0.384 e. The molecule has 19 heavy (non-hydrogen) atoms. The van der Waals surface area contributed by atoms with Crippen LogP contribution in [0.25, 0.3) is 0 Å². The van der Waals surface area contributed by atoms with Gasteiger partial charge in [-0.05, 0) is 38.2 Å². The fourth-order valence-electron chi connectivity index (χ4n) is 2.52. The zero-order valence-electron chi connectivity index (χ0n) is 11.6. The van der Waals surface area contributed by atoms with Gasteiger partial charge < -0.3 is 9.64 Å². The van der Waals surface area contributed by atoms with Gasteiger partial charge >= 0.3 is 0 Å². The molecule has 0 unspecified atom stereocenters. The number of nitriles is 1. The van der Waals surface area contributed by atoms with E-state index in [2.05, 4.69) is 20.9 Å². The van der Waals surface area contributed by atoms with Crippen molar-refractivity contribution in [1.29, 1.82) is 5.26 Å². The van der Waals surface area contributed by atoms with Crippen LogP contribution in [0, 0.1) is 24.2 Å². The molecule has 1 atom stereocenters. The van der Waals surface area contributed by atoms with Gasteiger partial charge in [0.15, 0.2) is 0 Å². The van der Waals surface area contributed by atoms with Crippen molar-refractivity contribution in [3.05, 3.63) is 17.5 Å². The van der Waals surface area contributed by atoms with E-state index in [4.69, 9.17) is 10.00 Å². The molecule has 2 heterocycles. The van der Waals surface area contributed by atoms with Crippen molar-refractivity contribution in [1.82, 2.24) is 9.97 Å². The molecule has 1 aromatic heterocycles. The first-order valence-corrected chi connectivity index (χ1v) is 6.72. The number of ether oxygens (including phenoxy) is 1. The van der Waals surface area contributed by atoms with E-state index in [1.807, 2.05) is 6.92 Å². The highest BCUT2D eigenvalue weighted by molar-refractivity contribution is 5.36. The maximum atomic E-state index is 8.98. The van der Waals surface area contributed by atoms with Crippen LogP contribution < -0.4 is 4.90 Å². The molecule has 1 saturated heterocycles. The summed E-state index contributed by atoms with van der Waals surface area (Å²) in [5.74, 6) is 1.31. The lowest BCUT2D eigenvalue weighted by atomic mass is 10.0. The molecule has 0 radical (unpaired) electrons. The van der Waals surface area contributed by atoms with E-state index in [1.165, 1.54) is 6.42 Å². The number of rotatable bonds is 3. The Hall–Kier alpha value is -1.67. The number of nitrogens with zero attached hydrogens (tertiary/aromatic N) is 4. The average Bonchev–Trinajstić information content (AvgIpc) is 2.64. The molecule has 2 rings (SSSR count). The lowest BCUT2D eigenvalue weighted by molar-refractivity contribution is 0.146. The van der Waals surface area contributed by atoms with Crippen molar-refractivity contribution < 1.29 is 4.74 Å². The Labute approximate surface area is 114 Å². The SMILES string of the molecule is COC[C@H]1CCCN(c2nc(C)cc(C#N)n2)CC1. The predicted octanol–water partition coefficient (Wildman–Crippen LogP) is 1.91. The molecule has 0 bridgehead atoms. The van der Waals surface area contributed by atoms with Crippen LogP contribution in [-0.4, -0.2) is 36.8 Å². The second-order valence-electron chi connectivity index (χ2n) is 5.05. The Morgan fingerprint density at radius 2 is 2.26 bits per heavy atom. The molecule has 0 amide bonds. The van der Waals surface area contributed by atoms with Gasteiger partial charge in [-0.25, -0.2) is 9.97 Å². The zero-order chi connectivity index (χ0) is 13.7. The maximum Gasteiger partial charge on any atom is 0.226 e. The quantitative estimate of drug-likeness (QED) is 0.830. The van der Waals surface area contributed by atoms with Gasteiger partial charge in [-0.1, -0.05) is 0 Å². The van der Waals surface area contributed by atoms with Crippen molar-refractivity contribution in [2.45, 2.75) is 26.2 Å². The minimum atomic E-state index is 0.445. The monoisotopic (exact) mass is 260 g/mol. The van der Waals surface area contributed by atoms with Gasteiger partial charge in [-0.3, -0.25) is 0 Å². The van der Waals surface area contributed by atoms with Crippen molar-refractivity contribution in [2.24, 2.45) is 5.92 Å². The molecule has 0 aliphatic carbocycles. The third-order valence-corrected chi connectivity index (χ3v) is 3.49. The Morgan fingerprint density at radius 3 is 3.00 bits per heavy atom. The first-order valence-electron chi connectivity index (χ1n) is 6.72. The zero-order valence-corrected chi connectivity index (χ0v) is 11.6. The molecular weight excluding hydrogens is 240 g/mol. The van der Waals surface area contributed by atoms with Crippen LogP contribution in [0.4, 0.5) is 5.95 Å². The fourth-order valence-corrected chi connectivity index (χ4v) is 2.52. The molecule has 0 N–H and O–H groups in total. The molecule has 1 aromatic rings. The average molecular weight is 260 g/mol. The summed E-state index contributed by atoms with van der Waals surface area (Å²) >= 11 is 0. The van der Waals surface area contributed by atoms with E-state index in [1.54, 1.807) is 13.2 Å². The van der Waals surface area contributed by atoms with E-state index >= 15 is 0 Å². The minimum Gasteiger partial charge on any atom is -0.384 e. The third-order valence-electron chi connectivity index (χ3n) is 3.49. The summed E-state index contributed by atoms with van der Waals surface area (Å²) in [6, 6.07) is 3.81. The summed E-state index contributed by atoms with van der Waals surface area (Å²) in [5.41, 5.74) is 1.29. The summed E-state index contributed by atoms with van der Waals surface area (Å²) in [5, 5.41) is 8.98. The molecule has 1 aliphatic rings. The number of hydrogen-bond acceptors (Lipinski definition) is 5. The summed E-state index contributed by atoms with van der Waals surface area (Å²) in [7, 11) is 1.76. The van der Waals surface area contributed by atoms with Gasteiger partial charge in [0, 0.05) is 32.5 Å². The number of methoxy groups -OCH3 is 1. The van der Waals surface area contributed by atoms with Crippen LogP contribution in [-0.2, 0) is 4.74 Å². The summed E-state index contributed by atoms with van der Waals surface area (Å²) in [4.78, 5) is 10.9. The van der Waals surface area contributed by atoms with E-state index in [9.17, 15) is 0 Å². The number of anilines is 1. The number of hydrogen-bond donors (Lipinski definition) is 0. The first-order chi connectivity index (χ1) is 9.22. The highest BCUT2D eigenvalue weighted by Crippen LogP contribution is 2.21. The molecular formula is C14H20N4O. The smallest absolute Gasteiger partial charge is 0.226 e. The van der Waals surface area contributed by atoms with Crippen LogP contribution in [0.1, 0.15) is 30.7 Å². The predicted molar refractivity (Wildman–Crippen MR) is 72.9 cm³/mol. The van der Waals surface area contributed by atoms with E-state index in [0.29, 0.717) is 17.6 Å². The van der Waals surface area contributed by atoms with Crippen LogP contribution >= 0.6 is 0 Å². The lowest BCUT2D eigenvalue weighted by Gasteiger charge is -2.20. The van der Waals surface area contributed by atoms with Crippen molar-refractivity contribution in [3.63, 3.8) is 0 Å².